The number of unbranched alkanes of at least 4 members (excludes halogenated alkanes) is 48. The van der Waals surface area contributed by atoms with Crippen molar-refractivity contribution >= 4 is 19.8 Å². The zero-order chi connectivity index (χ0) is 64.4. The largest absolute Gasteiger partial charge is 0.472 e. The van der Waals surface area contributed by atoms with Crippen LogP contribution in [0.25, 0.3) is 0 Å². The van der Waals surface area contributed by atoms with Gasteiger partial charge in [0.1, 0.15) is 6.61 Å². The minimum atomic E-state index is -4.40. The highest BCUT2D eigenvalue weighted by atomic mass is 31.2. The van der Waals surface area contributed by atoms with Crippen molar-refractivity contribution in [1.29, 1.82) is 0 Å². The van der Waals surface area contributed by atoms with Crippen LogP contribution in [0.3, 0.4) is 0 Å². The van der Waals surface area contributed by atoms with Gasteiger partial charge in [-0.25, -0.2) is 4.57 Å². The maximum atomic E-state index is 12.8. The SMILES string of the molecule is CC/C=C\C/C=C\C/C=C\C/C=C\CCCCCCCCCCCCCCCCC(=O)OC(COC(=O)CCCCCCCCCCCCCCCCCCCCCCCCCCCCCCC/C=C\C/C=C\CCCCCCC)COP(=O)(O)OCCN. The number of allylic oxidation sites excluding steroid dienone is 12. The van der Waals surface area contributed by atoms with Gasteiger partial charge in [-0.1, -0.05) is 363 Å². The molecule has 0 aliphatic heterocycles. The van der Waals surface area contributed by atoms with Crippen molar-refractivity contribution < 1.29 is 37.6 Å². The van der Waals surface area contributed by atoms with Gasteiger partial charge in [-0.05, 0) is 83.5 Å². The summed E-state index contributed by atoms with van der Waals surface area (Å²) in [5.74, 6) is -0.811. The molecule has 10 heteroatoms. The van der Waals surface area contributed by atoms with E-state index < -0.39 is 26.5 Å². The van der Waals surface area contributed by atoms with E-state index >= 15 is 0 Å². The van der Waals surface area contributed by atoms with E-state index in [1.807, 2.05) is 0 Å². The molecule has 0 aromatic heterocycles. The maximum absolute atomic E-state index is 12.8. The van der Waals surface area contributed by atoms with Crippen molar-refractivity contribution in [3.8, 4) is 0 Å². The standard InChI is InChI=1S/C79H146NO8P/c1-3-5-7-9-11-13-15-17-19-21-23-25-27-29-31-32-33-34-35-36-37-38-39-40-41-42-43-44-46-47-49-51-53-55-57-59-61-63-65-67-69-71-78(81)85-75-77(76-87-89(83,84)86-74-73-80)88-79(82)72-70-68-66-64-62-60-58-56-54-52-50-48-45-30-28-26-24-22-20-18-16-14-12-10-8-6-4-2/h6,8,12,14-15,17-18,20-21,23-24,26,77H,3-5,7,9-11,13,16,19,22,25,27-76,80H2,1-2H3,(H,83,84)/b8-6-,14-12-,17-15-,20-18-,23-21-,26-24-. The van der Waals surface area contributed by atoms with Crippen molar-refractivity contribution in [2.75, 3.05) is 26.4 Å². The molecule has 0 aliphatic carbocycles. The zero-order valence-electron chi connectivity index (χ0n) is 58.7. The molecule has 3 N–H and O–H groups in total. The van der Waals surface area contributed by atoms with Crippen LogP contribution in [-0.4, -0.2) is 49.3 Å². The van der Waals surface area contributed by atoms with E-state index in [1.54, 1.807) is 0 Å². The van der Waals surface area contributed by atoms with Crippen LogP contribution < -0.4 is 5.73 Å². The normalized spacial score (nSPS) is 13.3. The van der Waals surface area contributed by atoms with Crippen LogP contribution in [0.1, 0.15) is 386 Å². The Morgan fingerprint density at radius 2 is 0.618 bits per heavy atom. The number of carbonyl (C=O) groups excluding carboxylic acids is 2. The second kappa shape index (κ2) is 74.5. The van der Waals surface area contributed by atoms with Gasteiger partial charge in [-0.15, -0.1) is 0 Å². The van der Waals surface area contributed by atoms with Gasteiger partial charge in [0, 0.05) is 19.4 Å². The number of phosphoric acid groups is 1. The van der Waals surface area contributed by atoms with Crippen molar-refractivity contribution in [2.45, 2.75) is 392 Å². The number of rotatable bonds is 73. The van der Waals surface area contributed by atoms with Crippen LogP contribution in [-0.2, 0) is 32.7 Å². The van der Waals surface area contributed by atoms with Gasteiger partial charge in [0.15, 0.2) is 6.10 Å². The lowest BCUT2D eigenvalue weighted by molar-refractivity contribution is -0.161. The highest BCUT2D eigenvalue weighted by molar-refractivity contribution is 7.47. The molecule has 0 rings (SSSR count). The summed E-state index contributed by atoms with van der Waals surface area (Å²) in [5, 5.41) is 0. The molecule has 2 atom stereocenters. The van der Waals surface area contributed by atoms with E-state index in [4.69, 9.17) is 24.3 Å². The summed E-state index contributed by atoms with van der Waals surface area (Å²) in [6.07, 6.45) is 98.9. The van der Waals surface area contributed by atoms with Crippen LogP contribution in [0.2, 0.25) is 0 Å². The Morgan fingerprint density at radius 3 is 0.921 bits per heavy atom. The first-order chi connectivity index (χ1) is 43.8. The molecule has 0 bridgehead atoms. The summed E-state index contributed by atoms with van der Waals surface area (Å²) in [4.78, 5) is 35.4. The van der Waals surface area contributed by atoms with Crippen molar-refractivity contribution in [3.63, 3.8) is 0 Å². The predicted octanol–water partition coefficient (Wildman–Crippen LogP) is 25.5. The fourth-order valence-electron chi connectivity index (χ4n) is 11.4. The monoisotopic (exact) mass is 1270 g/mol. The summed E-state index contributed by atoms with van der Waals surface area (Å²) < 4.78 is 33.2. The molecule has 0 heterocycles. The summed E-state index contributed by atoms with van der Waals surface area (Å²) in [5.41, 5.74) is 5.41. The summed E-state index contributed by atoms with van der Waals surface area (Å²) in [6.45, 7) is 3.68. The molecule has 0 spiro atoms. The number of carbonyl (C=O) groups is 2. The quantitative estimate of drug-likeness (QED) is 0.0264. The number of ether oxygens (including phenoxy) is 2. The number of esters is 2. The van der Waals surface area contributed by atoms with E-state index in [0.29, 0.717) is 6.42 Å². The number of nitrogens with two attached hydrogens (primary N) is 1. The lowest BCUT2D eigenvalue weighted by Gasteiger charge is -2.19. The molecule has 2 unspecified atom stereocenters. The predicted molar refractivity (Wildman–Crippen MR) is 386 cm³/mol. The second-order valence-electron chi connectivity index (χ2n) is 25.8. The smallest absolute Gasteiger partial charge is 0.462 e. The molecule has 0 fully saturated rings. The molecule has 520 valence electrons. The summed E-state index contributed by atoms with van der Waals surface area (Å²) in [6, 6.07) is 0. The Bertz CT molecular complexity index is 1690. The van der Waals surface area contributed by atoms with E-state index in [0.717, 1.165) is 70.6 Å². The first-order valence-electron chi connectivity index (χ1n) is 38.4. The van der Waals surface area contributed by atoms with Gasteiger partial charge in [-0.2, -0.15) is 0 Å². The first-order valence-corrected chi connectivity index (χ1v) is 39.9. The van der Waals surface area contributed by atoms with Gasteiger partial charge in [0.05, 0.1) is 13.2 Å². The topological polar surface area (TPSA) is 134 Å². The van der Waals surface area contributed by atoms with E-state index in [-0.39, 0.29) is 38.6 Å². The van der Waals surface area contributed by atoms with E-state index in [9.17, 15) is 19.0 Å². The van der Waals surface area contributed by atoms with Gasteiger partial charge in [0.25, 0.3) is 0 Å². The molecule has 0 amide bonds. The third kappa shape index (κ3) is 74.4. The summed E-state index contributed by atoms with van der Waals surface area (Å²) in [7, 11) is -4.40. The molecule has 0 radical (unpaired) electrons. The van der Waals surface area contributed by atoms with Crippen LogP contribution >= 0.6 is 7.82 Å². The molecular weight excluding hydrogens is 1120 g/mol. The highest BCUT2D eigenvalue weighted by Gasteiger charge is 2.26. The Kier molecular flexibility index (Phi) is 72.4. The third-order valence-electron chi connectivity index (χ3n) is 17.1. The van der Waals surface area contributed by atoms with Gasteiger partial charge < -0.3 is 20.1 Å². The molecular formula is C79H146NO8P. The third-order valence-corrected chi connectivity index (χ3v) is 18.1. The average Bonchev–Trinajstić information content (AvgIpc) is 3.64. The Labute approximate surface area is 552 Å². The number of hydrogen-bond donors (Lipinski definition) is 2. The number of phosphoric ester groups is 1. The van der Waals surface area contributed by atoms with Gasteiger partial charge in [0.2, 0.25) is 0 Å². The maximum Gasteiger partial charge on any atom is 0.472 e. The summed E-state index contributed by atoms with van der Waals surface area (Å²) >= 11 is 0. The lowest BCUT2D eigenvalue weighted by atomic mass is 10.0. The first kappa shape index (κ1) is 86.5. The Morgan fingerprint density at radius 1 is 0.348 bits per heavy atom. The number of hydrogen-bond acceptors (Lipinski definition) is 8. The molecule has 0 saturated carbocycles. The zero-order valence-corrected chi connectivity index (χ0v) is 59.6. The van der Waals surface area contributed by atoms with E-state index in [1.165, 1.54) is 283 Å². The van der Waals surface area contributed by atoms with Crippen LogP contribution in [0.4, 0.5) is 0 Å². The molecule has 0 saturated heterocycles. The Balaban J connectivity index is 3.75. The fraction of sp³-hybridized carbons (Fsp3) is 0.823. The molecule has 0 aliphatic rings. The minimum Gasteiger partial charge on any atom is -0.462 e. The molecule has 89 heavy (non-hydrogen) atoms. The molecule has 0 aromatic carbocycles. The van der Waals surface area contributed by atoms with Gasteiger partial charge >= 0.3 is 19.8 Å². The van der Waals surface area contributed by atoms with Crippen LogP contribution in [0, 0.1) is 0 Å². The highest BCUT2D eigenvalue weighted by Crippen LogP contribution is 2.43. The molecule has 0 aromatic rings. The van der Waals surface area contributed by atoms with Gasteiger partial charge in [-0.3, -0.25) is 18.6 Å². The second-order valence-corrected chi connectivity index (χ2v) is 27.3. The van der Waals surface area contributed by atoms with E-state index in [2.05, 4.69) is 86.8 Å². The lowest BCUT2D eigenvalue weighted by Crippen LogP contribution is -2.29. The van der Waals surface area contributed by atoms with Crippen molar-refractivity contribution in [1.82, 2.24) is 0 Å². The van der Waals surface area contributed by atoms with Crippen molar-refractivity contribution in [2.24, 2.45) is 5.73 Å². The fourth-order valence-corrected chi connectivity index (χ4v) is 12.2. The van der Waals surface area contributed by atoms with Crippen molar-refractivity contribution in [3.05, 3.63) is 72.9 Å². The minimum absolute atomic E-state index is 0.0536. The Hall–Kier alpha value is -2.55. The van der Waals surface area contributed by atoms with Crippen LogP contribution in [0.15, 0.2) is 72.9 Å². The van der Waals surface area contributed by atoms with Crippen LogP contribution in [0.5, 0.6) is 0 Å². The average molecular weight is 1270 g/mol. The molecule has 9 nitrogen and oxygen atoms in total.